The van der Waals surface area contributed by atoms with Gasteiger partial charge >= 0.3 is 0 Å². The van der Waals surface area contributed by atoms with Crippen LogP contribution < -0.4 is 15.8 Å². The van der Waals surface area contributed by atoms with E-state index < -0.39 is 22.0 Å². The lowest BCUT2D eigenvalue weighted by atomic mass is 9.94. The first-order chi connectivity index (χ1) is 11.8. The lowest BCUT2D eigenvalue weighted by Crippen LogP contribution is -2.30. The number of hydrogen-bond acceptors (Lipinski definition) is 4. The fourth-order valence-corrected chi connectivity index (χ4v) is 3.45. The summed E-state index contributed by atoms with van der Waals surface area (Å²) in [5.41, 5.74) is 8.05. The summed E-state index contributed by atoms with van der Waals surface area (Å²) < 4.78 is 26.4. The van der Waals surface area contributed by atoms with Crippen LogP contribution >= 0.6 is 12.4 Å². The van der Waals surface area contributed by atoms with Gasteiger partial charge in [0.25, 0.3) is 0 Å². The SMILES string of the molecule is CNS(=O)(=O)c1cc(NC(=O)C(C)C(N)c2ccccc2)ccc1C.Cl. The predicted molar refractivity (Wildman–Crippen MR) is 106 cm³/mol. The summed E-state index contributed by atoms with van der Waals surface area (Å²) in [6, 6.07) is 13.7. The Morgan fingerprint density at radius 3 is 2.31 bits per heavy atom. The number of nitrogens with one attached hydrogen (secondary N) is 2. The number of rotatable bonds is 6. The summed E-state index contributed by atoms with van der Waals surface area (Å²) in [7, 11) is -2.24. The van der Waals surface area contributed by atoms with E-state index in [0.717, 1.165) is 5.56 Å². The van der Waals surface area contributed by atoms with Crippen LogP contribution in [-0.4, -0.2) is 21.4 Å². The van der Waals surface area contributed by atoms with Crippen LogP contribution in [0.1, 0.15) is 24.1 Å². The number of carbonyl (C=O) groups is 1. The molecular formula is C18H24ClN3O3S. The van der Waals surface area contributed by atoms with Crippen molar-refractivity contribution in [1.82, 2.24) is 4.72 Å². The monoisotopic (exact) mass is 397 g/mol. The first-order valence-corrected chi connectivity index (χ1v) is 9.40. The average Bonchev–Trinajstić information content (AvgIpc) is 2.62. The van der Waals surface area contributed by atoms with Gasteiger partial charge in [-0.3, -0.25) is 4.79 Å². The molecule has 0 saturated heterocycles. The second-order valence-electron chi connectivity index (χ2n) is 5.90. The molecule has 0 spiro atoms. The molecule has 0 saturated carbocycles. The third kappa shape index (κ3) is 5.04. The molecule has 0 radical (unpaired) electrons. The summed E-state index contributed by atoms with van der Waals surface area (Å²) in [6.45, 7) is 3.44. The highest BCUT2D eigenvalue weighted by Crippen LogP contribution is 2.23. The Balaban J connectivity index is 0.00000338. The van der Waals surface area contributed by atoms with Crippen molar-refractivity contribution < 1.29 is 13.2 Å². The van der Waals surface area contributed by atoms with Crippen molar-refractivity contribution in [2.75, 3.05) is 12.4 Å². The lowest BCUT2D eigenvalue weighted by Gasteiger charge is -2.20. The van der Waals surface area contributed by atoms with E-state index in [1.54, 1.807) is 26.0 Å². The van der Waals surface area contributed by atoms with Gasteiger partial charge in [-0.15, -0.1) is 12.4 Å². The van der Waals surface area contributed by atoms with Crippen LogP contribution in [0.5, 0.6) is 0 Å². The number of halogens is 1. The van der Waals surface area contributed by atoms with Crippen LogP contribution in [0.15, 0.2) is 53.4 Å². The van der Waals surface area contributed by atoms with Gasteiger partial charge in [-0.2, -0.15) is 0 Å². The highest BCUT2D eigenvalue weighted by molar-refractivity contribution is 7.89. The summed E-state index contributed by atoms with van der Waals surface area (Å²) in [5, 5.41) is 2.74. The molecule has 0 aromatic heterocycles. The van der Waals surface area contributed by atoms with Gasteiger partial charge in [0.1, 0.15) is 0 Å². The van der Waals surface area contributed by atoms with Crippen molar-refractivity contribution in [3.63, 3.8) is 0 Å². The maximum Gasteiger partial charge on any atom is 0.240 e. The van der Waals surface area contributed by atoms with Gasteiger partial charge in [-0.05, 0) is 37.2 Å². The normalized spacial score (nSPS) is 13.4. The van der Waals surface area contributed by atoms with E-state index in [-0.39, 0.29) is 23.2 Å². The van der Waals surface area contributed by atoms with Crippen LogP contribution in [0.2, 0.25) is 0 Å². The molecule has 1 amide bonds. The molecule has 0 fully saturated rings. The maximum absolute atomic E-state index is 12.5. The first-order valence-electron chi connectivity index (χ1n) is 7.92. The van der Waals surface area contributed by atoms with Gasteiger partial charge < -0.3 is 11.1 Å². The molecule has 0 bridgehead atoms. The van der Waals surface area contributed by atoms with E-state index in [2.05, 4.69) is 10.0 Å². The molecule has 0 heterocycles. The van der Waals surface area contributed by atoms with Crippen LogP contribution in [0.4, 0.5) is 5.69 Å². The Bertz CT molecular complexity index is 857. The Kier molecular flexibility index (Phi) is 7.77. The molecule has 2 rings (SSSR count). The van der Waals surface area contributed by atoms with Crippen LogP contribution in [-0.2, 0) is 14.8 Å². The highest BCUT2D eigenvalue weighted by atomic mass is 35.5. The summed E-state index contributed by atoms with van der Waals surface area (Å²) in [6.07, 6.45) is 0. The fourth-order valence-electron chi connectivity index (χ4n) is 2.46. The Hall–Kier alpha value is -1.93. The third-order valence-corrected chi connectivity index (χ3v) is 5.71. The van der Waals surface area contributed by atoms with Crippen molar-refractivity contribution >= 4 is 34.0 Å². The number of nitrogens with two attached hydrogens (primary N) is 1. The van der Waals surface area contributed by atoms with Crippen molar-refractivity contribution in [2.45, 2.75) is 24.8 Å². The number of carbonyl (C=O) groups excluding carboxylic acids is 1. The van der Waals surface area contributed by atoms with Gasteiger partial charge in [-0.1, -0.05) is 43.3 Å². The number of anilines is 1. The molecule has 2 unspecified atom stereocenters. The van der Waals surface area contributed by atoms with E-state index in [1.165, 1.54) is 13.1 Å². The summed E-state index contributed by atoms with van der Waals surface area (Å²) in [5.74, 6) is -0.749. The molecule has 4 N–H and O–H groups in total. The van der Waals surface area contributed by atoms with Gasteiger partial charge in [0.2, 0.25) is 15.9 Å². The molecule has 2 atom stereocenters. The van der Waals surface area contributed by atoms with Crippen molar-refractivity contribution in [1.29, 1.82) is 0 Å². The van der Waals surface area contributed by atoms with Crippen molar-refractivity contribution in [2.24, 2.45) is 11.7 Å². The number of benzene rings is 2. The molecule has 0 aliphatic rings. The minimum Gasteiger partial charge on any atom is -0.326 e. The molecule has 26 heavy (non-hydrogen) atoms. The van der Waals surface area contributed by atoms with Gasteiger partial charge in [0.05, 0.1) is 10.8 Å². The van der Waals surface area contributed by atoms with Crippen LogP contribution in [0.25, 0.3) is 0 Å². The van der Waals surface area contributed by atoms with E-state index in [0.29, 0.717) is 11.3 Å². The summed E-state index contributed by atoms with van der Waals surface area (Å²) in [4.78, 5) is 12.6. The van der Waals surface area contributed by atoms with Crippen molar-refractivity contribution in [3.8, 4) is 0 Å². The van der Waals surface area contributed by atoms with E-state index in [4.69, 9.17) is 5.73 Å². The van der Waals surface area contributed by atoms with E-state index >= 15 is 0 Å². The Labute approximate surface area is 160 Å². The van der Waals surface area contributed by atoms with Gasteiger partial charge in [0.15, 0.2) is 0 Å². The molecule has 2 aromatic rings. The maximum atomic E-state index is 12.5. The molecule has 2 aromatic carbocycles. The first kappa shape index (κ1) is 22.1. The zero-order valence-corrected chi connectivity index (χ0v) is 16.5. The Morgan fingerprint density at radius 2 is 1.73 bits per heavy atom. The smallest absolute Gasteiger partial charge is 0.240 e. The highest BCUT2D eigenvalue weighted by Gasteiger charge is 2.23. The molecule has 0 aliphatic carbocycles. The quantitative estimate of drug-likeness (QED) is 0.697. The van der Waals surface area contributed by atoms with Gasteiger partial charge in [0, 0.05) is 11.7 Å². The second-order valence-corrected chi connectivity index (χ2v) is 7.76. The summed E-state index contributed by atoms with van der Waals surface area (Å²) >= 11 is 0. The fraction of sp³-hybridized carbons (Fsp3) is 0.278. The van der Waals surface area contributed by atoms with Gasteiger partial charge in [-0.25, -0.2) is 13.1 Å². The zero-order chi connectivity index (χ0) is 18.6. The third-order valence-electron chi connectivity index (χ3n) is 4.15. The lowest BCUT2D eigenvalue weighted by molar-refractivity contribution is -0.120. The van der Waals surface area contributed by atoms with E-state index in [9.17, 15) is 13.2 Å². The van der Waals surface area contributed by atoms with Crippen molar-refractivity contribution in [3.05, 3.63) is 59.7 Å². The molecule has 0 aliphatic heterocycles. The topological polar surface area (TPSA) is 101 Å². The predicted octanol–water partition coefficient (Wildman–Crippen LogP) is 2.60. The van der Waals surface area contributed by atoms with E-state index in [1.807, 2.05) is 30.3 Å². The van der Waals surface area contributed by atoms with Crippen LogP contribution in [0.3, 0.4) is 0 Å². The minimum absolute atomic E-state index is 0. The second kappa shape index (κ2) is 9.14. The van der Waals surface area contributed by atoms with Crippen LogP contribution in [0, 0.1) is 12.8 Å². The largest absolute Gasteiger partial charge is 0.326 e. The number of hydrogen-bond donors (Lipinski definition) is 3. The molecule has 142 valence electrons. The Morgan fingerprint density at radius 1 is 1.12 bits per heavy atom. The number of amides is 1. The molecule has 6 nitrogen and oxygen atoms in total. The molecular weight excluding hydrogens is 374 g/mol. The standard InChI is InChI=1S/C18H23N3O3S.ClH/c1-12-9-10-15(11-16(12)25(23,24)20-3)21-18(22)13(2)17(19)14-7-5-4-6-8-14;/h4-11,13,17,20H,19H2,1-3H3,(H,21,22);1H. The average molecular weight is 398 g/mol. The zero-order valence-electron chi connectivity index (χ0n) is 14.9. The number of aryl methyl sites for hydroxylation is 1. The minimum atomic E-state index is -3.59. The number of sulfonamides is 1. The molecule has 8 heteroatoms.